The monoisotopic (exact) mass is 544 g/mol. The molecule has 3 aromatic rings. The lowest BCUT2D eigenvalue weighted by Crippen LogP contribution is -2.54. The molecule has 0 bridgehead atoms. The standard InChI is InChI=1S/C35H48O3Si/c1-9-30-25-31(37-34(5,6)36-30)26-32(38-39(7,8)33(2,3)4)35(27-19-13-10-14-20-27,28-21-15-11-16-22-28)29-23-17-12-18-24-29/h10-24,30-32H,9,25-26H2,1-8H3/t30-,31-,32-/m0/s1. The summed E-state index contributed by atoms with van der Waals surface area (Å²) < 4.78 is 20.5. The van der Waals surface area contributed by atoms with Crippen LogP contribution in [0, 0.1) is 0 Å². The predicted octanol–water partition coefficient (Wildman–Crippen LogP) is 9.12. The van der Waals surface area contributed by atoms with Crippen LogP contribution in [0.25, 0.3) is 0 Å². The predicted molar refractivity (Wildman–Crippen MR) is 165 cm³/mol. The van der Waals surface area contributed by atoms with E-state index in [4.69, 9.17) is 13.9 Å². The first-order chi connectivity index (χ1) is 18.4. The molecule has 0 unspecified atom stereocenters. The van der Waals surface area contributed by atoms with Gasteiger partial charge in [-0.2, -0.15) is 0 Å². The molecule has 210 valence electrons. The van der Waals surface area contributed by atoms with Crippen LogP contribution < -0.4 is 0 Å². The van der Waals surface area contributed by atoms with Gasteiger partial charge in [-0.25, -0.2) is 0 Å². The second kappa shape index (κ2) is 11.7. The highest BCUT2D eigenvalue weighted by Crippen LogP contribution is 2.49. The molecule has 39 heavy (non-hydrogen) atoms. The Bertz CT molecular complexity index is 1070. The van der Waals surface area contributed by atoms with E-state index in [1.165, 1.54) is 16.7 Å². The lowest BCUT2D eigenvalue weighted by Gasteiger charge is -2.50. The molecular formula is C35H48O3Si. The second-order valence-corrected chi connectivity index (χ2v) is 17.8. The zero-order valence-corrected chi connectivity index (χ0v) is 26.2. The van der Waals surface area contributed by atoms with E-state index >= 15 is 0 Å². The molecule has 1 aliphatic rings. The Morgan fingerprint density at radius 2 is 1.18 bits per heavy atom. The second-order valence-electron chi connectivity index (χ2n) is 13.0. The fourth-order valence-electron chi connectivity index (χ4n) is 5.86. The van der Waals surface area contributed by atoms with Gasteiger partial charge in [-0.05, 0) is 55.1 Å². The van der Waals surface area contributed by atoms with Crippen molar-refractivity contribution in [2.75, 3.05) is 0 Å². The van der Waals surface area contributed by atoms with Crippen LogP contribution in [0.5, 0.6) is 0 Å². The van der Waals surface area contributed by atoms with Crippen molar-refractivity contribution in [1.29, 1.82) is 0 Å². The maximum Gasteiger partial charge on any atom is 0.192 e. The van der Waals surface area contributed by atoms with Crippen LogP contribution in [0.3, 0.4) is 0 Å². The molecule has 4 rings (SSSR count). The Kier molecular flexibility index (Phi) is 8.92. The van der Waals surface area contributed by atoms with Crippen molar-refractivity contribution in [3.05, 3.63) is 108 Å². The highest BCUT2D eigenvalue weighted by Gasteiger charge is 2.51. The van der Waals surface area contributed by atoms with Gasteiger partial charge in [0, 0.05) is 12.8 Å². The molecule has 4 heteroatoms. The Morgan fingerprint density at radius 3 is 1.56 bits per heavy atom. The van der Waals surface area contributed by atoms with Crippen LogP contribution in [0.15, 0.2) is 91.0 Å². The largest absolute Gasteiger partial charge is 0.412 e. The fraction of sp³-hybridized carbons (Fsp3) is 0.486. The van der Waals surface area contributed by atoms with Crippen molar-refractivity contribution in [3.63, 3.8) is 0 Å². The molecule has 3 aromatic carbocycles. The first-order valence-electron chi connectivity index (χ1n) is 14.6. The van der Waals surface area contributed by atoms with E-state index in [2.05, 4.69) is 132 Å². The van der Waals surface area contributed by atoms with Gasteiger partial charge < -0.3 is 13.9 Å². The third-order valence-electron chi connectivity index (χ3n) is 8.77. The van der Waals surface area contributed by atoms with Crippen molar-refractivity contribution in [3.8, 4) is 0 Å². The van der Waals surface area contributed by atoms with Gasteiger partial charge >= 0.3 is 0 Å². The Labute approximate surface area is 238 Å². The van der Waals surface area contributed by atoms with E-state index in [0.717, 1.165) is 19.3 Å². The molecule has 1 saturated heterocycles. The SMILES string of the molecule is CC[C@H]1C[C@@H](C[C@H](O[Si](C)(C)C(C)(C)C)C(c2ccccc2)(c2ccccc2)c2ccccc2)OC(C)(C)O1. The Balaban J connectivity index is 1.98. The number of ether oxygens (including phenoxy) is 2. The minimum absolute atomic E-state index is 0.0176. The molecule has 0 aromatic heterocycles. The van der Waals surface area contributed by atoms with Crippen molar-refractivity contribution < 1.29 is 13.9 Å². The van der Waals surface area contributed by atoms with E-state index in [-0.39, 0.29) is 23.4 Å². The summed E-state index contributed by atoms with van der Waals surface area (Å²) in [6.07, 6.45) is 2.65. The molecule has 0 spiro atoms. The van der Waals surface area contributed by atoms with Gasteiger partial charge in [0.15, 0.2) is 14.1 Å². The molecule has 1 heterocycles. The average molecular weight is 545 g/mol. The number of rotatable bonds is 9. The van der Waals surface area contributed by atoms with Crippen LogP contribution in [0.4, 0.5) is 0 Å². The summed E-state index contributed by atoms with van der Waals surface area (Å²) >= 11 is 0. The summed E-state index contributed by atoms with van der Waals surface area (Å²) in [5.74, 6) is -0.625. The van der Waals surface area contributed by atoms with Crippen LogP contribution >= 0.6 is 0 Å². The van der Waals surface area contributed by atoms with Gasteiger partial charge in [0.1, 0.15) is 0 Å². The lowest BCUT2D eigenvalue weighted by atomic mass is 9.64. The third-order valence-corrected chi connectivity index (χ3v) is 13.3. The zero-order chi connectivity index (χ0) is 28.3. The van der Waals surface area contributed by atoms with Gasteiger partial charge in [0.25, 0.3) is 0 Å². The van der Waals surface area contributed by atoms with Crippen LogP contribution in [0.1, 0.15) is 77.5 Å². The van der Waals surface area contributed by atoms with Gasteiger partial charge in [0.05, 0.1) is 23.7 Å². The molecule has 3 nitrogen and oxygen atoms in total. The van der Waals surface area contributed by atoms with Gasteiger partial charge in [-0.15, -0.1) is 0 Å². The van der Waals surface area contributed by atoms with Gasteiger partial charge in [-0.1, -0.05) is 119 Å². The molecule has 0 N–H and O–H groups in total. The van der Waals surface area contributed by atoms with E-state index < -0.39 is 19.5 Å². The zero-order valence-electron chi connectivity index (χ0n) is 25.2. The first-order valence-corrected chi connectivity index (χ1v) is 17.5. The molecule has 0 aliphatic carbocycles. The van der Waals surface area contributed by atoms with Crippen LogP contribution in [-0.4, -0.2) is 32.4 Å². The molecule has 0 saturated carbocycles. The Hall–Kier alpha value is -2.24. The topological polar surface area (TPSA) is 27.7 Å². The minimum Gasteiger partial charge on any atom is -0.412 e. The van der Waals surface area contributed by atoms with E-state index in [9.17, 15) is 0 Å². The molecule has 0 radical (unpaired) electrons. The number of hydrogen-bond acceptors (Lipinski definition) is 3. The maximum atomic E-state index is 7.59. The van der Waals surface area contributed by atoms with E-state index in [1.807, 2.05) is 13.8 Å². The van der Waals surface area contributed by atoms with Crippen molar-refractivity contribution in [1.82, 2.24) is 0 Å². The fourth-order valence-corrected chi connectivity index (χ4v) is 7.20. The summed E-state index contributed by atoms with van der Waals surface area (Å²) in [5, 5.41) is 0.0583. The smallest absolute Gasteiger partial charge is 0.192 e. The van der Waals surface area contributed by atoms with Crippen molar-refractivity contribution in [2.45, 2.75) is 108 Å². The highest BCUT2D eigenvalue weighted by molar-refractivity contribution is 6.74. The van der Waals surface area contributed by atoms with Crippen molar-refractivity contribution >= 4 is 8.32 Å². The van der Waals surface area contributed by atoms with E-state index in [0.29, 0.717) is 0 Å². The quantitative estimate of drug-likeness (QED) is 0.199. The summed E-state index contributed by atoms with van der Waals surface area (Å²) in [6, 6.07) is 32.8. The van der Waals surface area contributed by atoms with Crippen LogP contribution in [0.2, 0.25) is 18.1 Å². The molecule has 0 amide bonds. The summed E-state index contributed by atoms with van der Waals surface area (Å²) in [4.78, 5) is 0. The minimum atomic E-state index is -2.21. The Morgan fingerprint density at radius 1 is 0.769 bits per heavy atom. The van der Waals surface area contributed by atoms with Crippen LogP contribution in [-0.2, 0) is 19.3 Å². The van der Waals surface area contributed by atoms with Gasteiger partial charge in [0.2, 0.25) is 0 Å². The van der Waals surface area contributed by atoms with Gasteiger partial charge in [-0.3, -0.25) is 0 Å². The summed E-state index contributed by atoms with van der Waals surface area (Å²) in [6.45, 7) is 18.0. The molecule has 1 fully saturated rings. The third kappa shape index (κ3) is 6.41. The molecular weight excluding hydrogens is 496 g/mol. The lowest BCUT2D eigenvalue weighted by molar-refractivity contribution is -0.303. The maximum absolute atomic E-state index is 7.59. The normalized spacial score (nSPS) is 20.9. The van der Waals surface area contributed by atoms with E-state index in [1.54, 1.807) is 0 Å². The average Bonchev–Trinajstić information content (AvgIpc) is 2.89. The number of benzene rings is 3. The summed E-state index contributed by atoms with van der Waals surface area (Å²) in [7, 11) is -2.21. The van der Waals surface area contributed by atoms with Crippen molar-refractivity contribution in [2.24, 2.45) is 0 Å². The summed E-state index contributed by atoms with van der Waals surface area (Å²) in [5.41, 5.74) is 3.20. The first kappa shape index (κ1) is 29.7. The number of hydrogen-bond donors (Lipinski definition) is 0. The highest BCUT2D eigenvalue weighted by atomic mass is 28.4. The molecule has 3 atom stereocenters. The molecule has 1 aliphatic heterocycles.